The van der Waals surface area contributed by atoms with Gasteiger partial charge < -0.3 is 14.8 Å². The molecule has 3 nitrogen and oxygen atoms in total. The first kappa shape index (κ1) is 13.4. The third-order valence-electron chi connectivity index (χ3n) is 3.64. The molecule has 0 aliphatic carbocycles. The van der Waals surface area contributed by atoms with Crippen LogP contribution in [0.2, 0.25) is 0 Å². The van der Waals surface area contributed by atoms with Gasteiger partial charge in [0, 0.05) is 41.0 Å². The van der Waals surface area contributed by atoms with Crippen LogP contribution in [0.25, 0.3) is 0 Å². The molecule has 2 aliphatic heterocycles. The minimum atomic E-state index is -0.256. The second kappa shape index (κ2) is 5.40. The summed E-state index contributed by atoms with van der Waals surface area (Å²) in [5.41, 5.74) is 1.86. The highest BCUT2D eigenvalue weighted by Crippen LogP contribution is 2.44. The molecular weight excluding hydrogens is 277 g/mol. The Kier molecular flexibility index (Phi) is 3.61. The van der Waals surface area contributed by atoms with Gasteiger partial charge in [0.25, 0.3) is 0 Å². The predicted octanol–water partition coefficient (Wildman–Crippen LogP) is 3.04. The summed E-state index contributed by atoms with van der Waals surface area (Å²) in [6.45, 7) is 0.697. The lowest BCUT2D eigenvalue weighted by Crippen LogP contribution is -2.24. The number of hydrogen-bond donors (Lipinski definition) is 1. The van der Waals surface area contributed by atoms with Crippen molar-refractivity contribution in [2.45, 2.75) is 5.92 Å². The van der Waals surface area contributed by atoms with E-state index in [9.17, 15) is 4.39 Å². The molecule has 1 aromatic rings. The van der Waals surface area contributed by atoms with Crippen LogP contribution in [0.5, 0.6) is 11.5 Å². The molecule has 1 unspecified atom stereocenters. The molecule has 0 amide bonds. The Labute approximate surface area is 121 Å². The monoisotopic (exact) mass is 293 g/mol. The van der Waals surface area contributed by atoms with Gasteiger partial charge in [0.15, 0.2) is 11.5 Å². The first-order valence-corrected chi connectivity index (χ1v) is 7.41. The Morgan fingerprint density at radius 2 is 2.00 bits per heavy atom. The molecule has 3 rings (SSSR count). The van der Waals surface area contributed by atoms with E-state index in [-0.39, 0.29) is 11.7 Å². The topological polar surface area (TPSA) is 30.5 Å². The first-order chi connectivity index (χ1) is 9.74. The third kappa shape index (κ3) is 2.16. The molecule has 1 aromatic carbocycles. The van der Waals surface area contributed by atoms with Crippen molar-refractivity contribution in [1.29, 1.82) is 0 Å². The highest BCUT2D eigenvalue weighted by molar-refractivity contribution is 8.03. The molecule has 0 saturated carbocycles. The Morgan fingerprint density at radius 1 is 1.25 bits per heavy atom. The van der Waals surface area contributed by atoms with Crippen molar-refractivity contribution in [3.63, 3.8) is 0 Å². The second-order valence-corrected chi connectivity index (χ2v) is 5.73. The summed E-state index contributed by atoms with van der Waals surface area (Å²) in [7, 11) is 3.07. The zero-order chi connectivity index (χ0) is 14.1. The Morgan fingerprint density at radius 3 is 2.75 bits per heavy atom. The average molecular weight is 293 g/mol. The summed E-state index contributed by atoms with van der Waals surface area (Å²) in [4.78, 5) is 1.20. The fraction of sp³-hybridized carbons (Fsp3) is 0.333. The summed E-state index contributed by atoms with van der Waals surface area (Å²) in [5, 5.41) is 3.24. The number of hydrogen-bond acceptors (Lipinski definition) is 4. The lowest BCUT2D eigenvalue weighted by Gasteiger charge is -2.25. The van der Waals surface area contributed by atoms with Crippen LogP contribution in [0.3, 0.4) is 0 Å². The summed E-state index contributed by atoms with van der Waals surface area (Å²) >= 11 is 1.78. The number of thioether (sulfide) groups is 1. The van der Waals surface area contributed by atoms with Crippen molar-refractivity contribution in [3.8, 4) is 11.5 Å². The molecule has 0 radical (unpaired) electrons. The molecule has 0 bridgehead atoms. The molecule has 2 heterocycles. The summed E-state index contributed by atoms with van der Waals surface area (Å²) < 4.78 is 24.8. The molecular formula is C15H16FNO2S. The van der Waals surface area contributed by atoms with Crippen LogP contribution >= 0.6 is 11.8 Å². The van der Waals surface area contributed by atoms with Crippen molar-refractivity contribution in [1.82, 2.24) is 5.32 Å². The molecule has 2 aliphatic rings. The Bertz CT molecular complexity index is 598. The summed E-state index contributed by atoms with van der Waals surface area (Å²) in [6, 6.07) is 3.14. The van der Waals surface area contributed by atoms with E-state index < -0.39 is 0 Å². The molecule has 106 valence electrons. The third-order valence-corrected chi connectivity index (χ3v) is 4.63. The maximum Gasteiger partial charge on any atom is 0.163 e. The molecule has 1 atom stereocenters. The van der Waals surface area contributed by atoms with E-state index >= 15 is 0 Å². The van der Waals surface area contributed by atoms with Gasteiger partial charge in [-0.15, -0.1) is 11.8 Å². The van der Waals surface area contributed by atoms with Gasteiger partial charge >= 0.3 is 0 Å². The largest absolute Gasteiger partial charge is 0.493 e. The maximum absolute atomic E-state index is 14.4. The quantitative estimate of drug-likeness (QED) is 0.928. The fourth-order valence-electron chi connectivity index (χ4n) is 2.64. The van der Waals surface area contributed by atoms with Crippen LogP contribution in [-0.2, 0) is 0 Å². The minimum absolute atomic E-state index is 0.0183. The summed E-state index contributed by atoms with van der Waals surface area (Å²) in [6.07, 6.45) is 4.19. The van der Waals surface area contributed by atoms with Crippen molar-refractivity contribution >= 4 is 11.8 Å². The summed E-state index contributed by atoms with van der Waals surface area (Å²) in [5.74, 6) is 1.70. The van der Waals surface area contributed by atoms with E-state index in [0.29, 0.717) is 23.6 Å². The second-order valence-electron chi connectivity index (χ2n) is 4.67. The molecule has 5 heteroatoms. The standard InChI is InChI=1S/C15H16FNO2S/c1-18-13-5-10(12(16)6-14(13)19-2)11-7-17-8-15-9(11)3-4-20-15/h3,5-6,8,11,17H,4,7H2,1-2H3. The Balaban J connectivity index is 2.04. The smallest absolute Gasteiger partial charge is 0.163 e. The molecule has 0 fully saturated rings. The molecule has 20 heavy (non-hydrogen) atoms. The van der Waals surface area contributed by atoms with Crippen molar-refractivity contribution in [2.75, 3.05) is 26.5 Å². The number of benzene rings is 1. The number of allylic oxidation sites excluding steroid dienone is 1. The van der Waals surface area contributed by atoms with Gasteiger partial charge in [0.05, 0.1) is 14.2 Å². The van der Waals surface area contributed by atoms with Crippen LogP contribution < -0.4 is 14.8 Å². The number of nitrogens with one attached hydrogen (secondary N) is 1. The van der Waals surface area contributed by atoms with Gasteiger partial charge in [-0.3, -0.25) is 0 Å². The minimum Gasteiger partial charge on any atom is -0.493 e. The zero-order valence-electron chi connectivity index (χ0n) is 11.4. The van der Waals surface area contributed by atoms with Crippen LogP contribution in [0.1, 0.15) is 11.5 Å². The highest BCUT2D eigenvalue weighted by atomic mass is 32.2. The lowest BCUT2D eigenvalue weighted by molar-refractivity contribution is 0.351. The number of rotatable bonds is 3. The van der Waals surface area contributed by atoms with Crippen LogP contribution in [-0.4, -0.2) is 26.5 Å². The van der Waals surface area contributed by atoms with E-state index in [1.165, 1.54) is 23.7 Å². The molecule has 0 spiro atoms. The normalized spacial score (nSPS) is 20.6. The Hall–Kier alpha value is -1.62. The van der Waals surface area contributed by atoms with Crippen LogP contribution in [0.15, 0.2) is 34.9 Å². The van der Waals surface area contributed by atoms with E-state index in [1.54, 1.807) is 24.9 Å². The van der Waals surface area contributed by atoms with E-state index in [1.807, 2.05) is 6.20 Å². The maximum atomic E-state index is 14.4. The van der Waals surface area contributed by atoms with Gasteiger partial charge in [-0.05, 0) is 11.6 Å². The number of fused-ring (bicyclic) bond motifs is 1. The highest BCUT2D eigenvalue weighted by Gasteiger charge is 2.29. The predicted molar refractivity (Wildman–Crippen MR) is 78.9 cm³/mol. The van der Waals surface area contributed by atoms with E-state index in [4.69, 9.17) is 9.47 Å². The number of ether oxygens (including phenoxy) is 2. The van der Waals surface area contributed by atoms with E-state index in [2.05, 4.69) is 11.4 Å². The van der Waals surface area contributed by atoms with Crippen molar-refractivity contribution in [3.05, 3.63) is 46.3 Å². The van der Waals surface area contributed by atoms with Gasteiger partial charge in [0.1, 0.15) is 5.82 Å². The molecule has 0 saturated heterocycles. The van der Waals surface area contributed by atoms with Gasteiger partial charge in [-0.2, -0.15) is 0 Å². The zero-order valence-corrected chi connectivity index (χ0v) is 12.2. The number of halogens is 1. The van der Waals surface area contributed by atoms with Gasteiger partial charge in [-0.25, -0.2) is 4.39 Å². The first-order valence-electron chi connectivity index (χ1n) is 6.42. The molecule has 1 N–H and O–H groups in total. The fourth-order valence-corrected chi connectivity index (χ4v) is 3.64. The van der Waals surface area contributed by atoms with Crippen LogP contribution in [0.4, 0.5) is 4.39 Å². The number of methoxy groups -OCH3 is 2. The molecule has 0 aromatic heterocycles. The van der Waals surface area contributed by atoms with E-state index in [0.717, 1.165) is 5.75 Å². The average Bonchev–Trinajstić information content (AvgIpc) is 2.95. The van der Waals surface area contributed by atoms with Gasteiger partial charge in [0.2, 0.25) is 0 Å². The lowest BCUT2D eigenvalue weighted by atomic mass is 9.88. The van der Waals surface area contributed by atoms with Crippen molar-refractivity contribution < 1.29 is 13.9 Å². The van der Waals surface area contributed by atoms with Crippen molar-refractivity contribution in [2.24, 2.45) is 0 Å². The van der Waals surface area contributed by atoms with Gasteiger partial charge in [-0.1, -0.05) is 6.08 Å². The van der Waals surface area contributed by atoms with Crippen LogP contribution in [0, 0.1) is 5.82 Å². The SMILES string of the molecule is COc1cc(F)c(C2CNC=C3SCC=C32)cc1OC.